The summed E-state index contributed by atoms with van der Waals surface area (Å²) in [6.45, 7) is 3.71. The van der Waals surface area contributed by atoms with Gasteiger partial charge in [0.1, 0.15) is 5.75 Å². The molecular formula is C14H22N2O2. The average molecular weight is 250 g/mol. The highest BCUT2D eigenvalue weighted by Crippen LogP contribution is 2.11. The number of rotatable bonds is 7. The summed E-state index contributed by atoms with van der Waals surface area (Å²) in [4.78, 5) is 11.7. The lowest BCUT2D eigenvalue weighted by atomic mass is 10.1. The Bertz CT molecular complexity index is 363. The fraction of sp³-hybridized carbons (Fsp3) is 0.500. The molecule has 1 atom stereocenters. The van der Waals surface area contributed by atoms with E-state index in [9.17, 15) is 4.79 Å². The fourth-order valence-corrected chi connectivity index (χ4v) is 1.70. The molecular weight excluding hydrogens is 228 g/mol. The van der Waals surface area contributed by atoms with E-state index in [0.29, 0.717) is 18.9 Å². The first-order valence-corrected chi connectivity index (χ1v) is 6.20. The van der Waals surface area contributed by atoms with E-state index in [1.165, 1.54) is 0 Å². The maximum Gasteiger partial charge on any atom is 0.224 e. The van der Waals surface area contributed by atoms with Crippen molar-refractivity contribution in [2.75, 3.05) is 27.2 Å². The van der Waals surface area contributed by atoms with Crippen LogP contribution >= 0.6 is 0 Å². The quantitative estimate of drug-likeness (QED) is 0.765. The number of hydrogen-bond donors (Lipinski definition) is 2. The number of hydrogen-bond acceptors (Lipinski definition) is 3. The Hall–Kier alpha value is -1.55. The molecule has 1 rings (SSSR count). The largest absolute Gasteiger partial charge is 0.497 e. The van der Waals surface area contributed by atoms with Gasteiger partial charge in [-0.2, -0.15) is 0 Å². The molecule has 0 radical (unpaired) electrons. The van der Waals surface area contributed by atoms with E-state index in [1.54, 1.807) is 7.11 Å². The van der Waals surface area contributed by atoms with Crippen molar-refractivity contribution in [1.82, 2.24) is 10.6 Å². The zero-order valence-electron chi connectivity index (χ0n) is 11.3. The zero-order valence-corrected chi connectivity index (χ0v) is 11.3. The van der Waals surface area contributed by atoms with E-state index < -0.39 is 0 Å². The molecule has 4 heteroatoms. The second kappa shape index (κ2) is 7.71. The van der Waals surface area contributed by atoms with Crippen LogP contribution in [0.2, 0.25) is 0 Å². The highest BCUT2D eigenvalue weighted by Gasteiger charge is 2.06. The van der Waals surface area contributed by atoms with Gasteiger partial charge in [-0.15, -0.1) is 0 Å². The van der Waals surface area contributed by atoms with Crippen LogP contribution in [0.3, 0.4) is 0 Å². The summed E-state index contributed by atoms with van der Waals surface area (Å²) in [5, 5.41) is 6.02. The van der Waals surface area contributed by atoms with Crippen molar-refractivity contribution in [3.63, 3.8) is 0 Å². The summed E-state index contributed by atoms with van der Waals surface area (Å²) in [6, 6.07) is 7.56. The van der Waals surface area contributed by atoms with Gasteiger partial charge < -0.3 is 15.4 Å². The van der Waals surface area contributed by atoms with Crippen molar-refractivity contribution in [3.05, 3.63) is 29.8 Å². The summed E-state index contributed by atoms with van der Waals surface area (Å²) < 4.78 is 5.07. The first kappa shape index (κ1) is 14.5. The van der Waals surface area contributed by atoms with Crippen LogP contribution in [-0.4, -0.2) is 33.2 Å². The molecule has 0 aromatic heterocycles. The van der Waals surface area contributed by atoms with Crippen LogP contribution in [0.4, 0.5) is 0 Å². The number of ether oxygens (including phenoxy) is 1. The molecule has 2 N–H and O–H groups in total. The summed E-state index contributed by atoms with van der Waals surface area (Å²) in [7, 11) is 3.54. The van der Waals surface area contributed by atoms with Gasteiger partial charge in [0.25, 0.3) is 0 Å². The lowest BCUT2D eigenvalue weighted by Gasteiger charge is -2.12. The van der Waals surface area contributed by atoms with E-state index >= 15 is 0 Å². The van der Waals surface area contributed by atoms with Gasteiger partial charge >= 0.3 is 0 Å². The van der Waals surface area contributed by atoms with Gasteiger partial charge in [0.05, 0.1) is 13.5 Å². The Morgan fingerprint density at radius 1 is 1.28 bits per heavy atom. The van der Waals surface area contributed by atoms with Gasteiger partial charge in [-0.3, -0.25) is 4.79 Å². The number of benzene rings is 1. The molecule has 1 aromatic carbocycles. The Kier molecular flexibility index (Phi) is 6.22. The van der Waals surface area contributed by atoms with E-state index in [0.717, 1.165) is 17.9 Å². The minimum atomic E-state index is 0.0584. The highest BCUT2D eigenvalue weighted by atomic mass is 16.5. The van der Waals surface area contributed by atoms with E-state index in [1.807, 2.05) is 31.3 Å². The summed E-state index contributed by atoms with van der Waals surface area (Å²) in [5.41, 5.74) is 0.995. The zero-order chi connectivity index (χ0) is 13.4. The normalized spacial score (nSPS) is 11.9. The van der Waals surface area contributed by atoms with Crippen molar-refractivity contribution in [1.29, 1.82) is 0 Å². The summed E-state index contributed by atoms with van der Waals surface area (Å²) in [5.74, 6) is 1.31. The van der Waals surface area contributed by atoms with Crippen molar-refractivity contribution in [2.24, 2.45) is 5.92 Å². The average Bonchev–Trinajstić information content (AvgIpc) is 2.38. The molecule has 0 spiro atoms. The molecule has 1 unspecified atom stereocenters. The lowest BCUT2D eigenvalue weighted by Crippen LogP contribution is -2.33. The van der Waals surface area contributed by atoms with E-state index in [4.69, 9.17) is 4.74 Å². The molecule has 0 saturated carbocycles. The number of methoxy groups -OCH3 is 1. The van der Waals surface area contributed by atoms with Crippen LogP contribution in [0.1, 0.15) is 12.5 Å². The Morgan fingerprint density at radius 2 is 1.94 bits per heavy atom. The number of carbonyl (C=O) groups excluding carboxylic acids is 1. The molecule has 0 aliphatic rings. The molecule has 0 bridgehead atoms. The SMILES string of the molecule is CNCC(C)CNC(=O)Cc1ccc(OC)cc1. The Morgan fingerprint density at radius 3 is 2.50 bits per heavy atom. The predicted octanol–water partition coefficient (Wildman–Crippen LogP) is 1.21. The minimum absolute atomic E-state index is 0.0584. The number of carbonyl (C=O) groups is 1. The van der Waals surface area contributed by atoms with Crippen molar-refractivity contribution in [2.45, 2.75) is 13.3 Å². The topological polar surface area (TPSA) is 50.4 Å². The highest BCUT2D eigenvalue weighted by molar-refractivity contribution is 5.78. The van der Waals surface area contributed by atoms with Gasteiger partial charge in [0.2, 0.25) is 5.91 Å². The molecule has 0 heterocycles. The summed E-state index contributed by atoms with van der Waals surface area (Å²) >= 11 is 0. The Balaban J connectivity index is 2.35. The first-order chi connectivity index (χ1) is 8.65. The van der Waals surface area contributed by atoms with Gasteiger partial charge in [-0.1, -0.05) is 19.1 Å². The molecule has 100 valence electrons. The third kappa shape index (κ3) is 5.19. The van der Waals surface area contributed by atoms with Crippen molar-refractivity contribution in [3.8, 4) is 5.75 Å². The predicted molar refractivity (Wildman–Crippen MR) is 72.8 cm³/mol. The van der Waals surface area contributed by atoms with Crippen LogP contribution in [0.5, 0.6) is 5.75 Å². The smallest absolute Gasteiger partial charge is 0.224 e. The maximum absolute atomic E-state index is 11.7. The molecule has 0 aliphatic carbocycles. The molecule has 1 amide bonds. The standard InChI is InChI=1S/C14H22N2O2/c1-11(9-15-2)10-16-14(17)8-12-4-6-13(18-3)7-5-12/h4-7,11,15H,8-10H2,1-3H3,(H,16,17). The molecule has 0 fully saturated rings. The fourth-order valence-electron chi connectivity index (χ4n) is 1.70. The number of amides is 1. The minimum Gasteiger partial charge on any atom is -0.497 e. The van der Waals surface area contributed by atoms with Crippen molar-refractivity contribution < 1.29 is 9.53 Å². The number of nitrogens with one attached hydrogen (secondary N) is 2. The molecule has 18 heavy (non-hydrogen) atoms. The molecule has 0 saturated heterocycles. The van der Waals surface area contributed by atoms with Gasteiger partial charge in [-0.05, 0) is 37.2 Å². The third-order valence-electron chi connectivity index (χ3n) is 2.72. The second-order valence-electron chi connectivity index (χ2n) is 4.49. The van der Waals surface area contributed by atoms with E-state index in [-0.39, 0.29) is 5.91 Å². The molecule has 1 aromatic rings. The van der Waals surface area contributed by atoms with E-state index in [2.05, 4.69) is 17.6 Å². The monoisotopic (exact) mass is 250 g/mol. The van der Waals surface area contributed by atoms with Crippen LogP contribution in [0, 0.1) is 5.92 Å². The molecule has 0 aliphatic heterocycles. The van der Waals surface area contributed by atoms with Crippen LogP contribution in [0.15, 0.2) is 24.3 Å². The van der Waals surface area contributed by atoms with Crippen LogP contribution in [0.25, 0.3) is 0 Å². The Labute approximate surface area is 109 Å². The lowest BCUT2D eigenvalue weighted by molar-refractivity contribution is -0.120. The van der Waals surface area contributed by atoms with Gasteiger partial charge in [0, 0.05) is 6.54 Å². The first-order valence-electron chi connectivity index (χ1n) is 6.20. The summed E-state index contributed by atoms with van der Waals surface area (Å²) in [6.07, 6.45) is 0.413. The third-order valence-corrected chi connectivity index (χ3v) is 2.72. The van der Waals surface area contributed by atoms with Crippen LogP contribution < -0.4 is 15.4 Å². The van der Waals surface area contributed by atoms with Crippen LogP contribution in [-0.2, 0) is 11.2 Å². The maximum atomic E-state index is 11.7. The van der Waals surface area contributed by atoms with Gasteiger partial charge in [0.15, 0.2) is 0 Å². The second-order valence-corrected chi connectivity index (χ2v) is 4.49. The van der Waals surface area contributed by atoms with Gasteiger partial charge in [-0.25, -0.2) is 0 Å². The molecule has 4 nitrogen and oxygen atoms in total. The van der Waals surface area contributed by atoms with Crippen molar-refractivity contribution >= 4 is 5.91 Å².